The fraction of sp³-hybridized carbons (Fsp3) is 0.529. The number of hydrogen-bond donors (Lipinski definition) is 0. The van der Waals surface area contributed by atoms with E-state index >= 15 is 0 Å². The number of carbonyl (C=O) groups is 1. The molecule has 0 saturated carbocycles. The van der Waals surface area contributed by atoms with Crippen LogP contribution in [0.15, 0.2) is 33.6 Å². The summed E-state index contributed by atoms with van der Waals surface area (Å²) in [4.78, 5) is 18.8. The summed E-state index contributed by atoms with van der Waals surface area (Å²) in [5.74, 6) is 0.753. The van der Waals surface area contributed by atoms with Gasteiger partial charge in [-0.25, -0.2) is 4.98 Å². The molecule has 6 heteroatoms. The minimum atomic E-state index is -0.138. The highest BCUT2D eigenvalue weighted by atomic mass is 16.5. The molecule has 3 heterocycles. The molecule has 0 N–H and O–H groups in total. The largest absolute Gasteiger partial charge is 0.461 e. The van der Waals surface area contributed by atoms with E-state index < -0.39 is 0 Å². The molecule has 6 nitrogen and oxygen atoms in total. The Balaban J connectivity index is 1.77. The zero-order chi connectivity index (χ0) is 16.1. The molecule has 1 amide bonds. The van der Waals surface area contributed by atoms with Crippen molar-refractivity contribution in [2.75, 3.05) is 19.7 Å². The summed E-state index contributed by atoms with van der Waals surface area (Å²) in [6.45, 7) is 4.10. The van der Waals surface area contributed by atoms with Crippen molar-refractivity contribution in [1.82, 2.24) is 9.88 Å². The quantitative estimate of drug-likeness (QED) is 0.817. The normalized spacial score (nSPS) is 18.0. The van der Waals surface area contributed by atoms with Crippen molar-refractivity contribution in [2.45, 2.75) is 38.7 Å². The average molecular weight is 318 g/mol. The lowest BCUT2D eigenvalue weighted by Gasteiger charge is -2.29. The molecule has 1 aliphatic heterocycles. The predicted molar refractivity (Wildman–Crippen MR) is 84.0 cm³/mol. The third-order valence-corrected chi connectivity index (χ3v) is 3.99. The van der Waals surface area contributed by atoms with Gasteiger partial charge in [0.15, 0.2) is 17.8 Å². The molecule has 2 aromatic rings. The lowest BCUT2D eigenvalue weighted by molar-refractivity contribution is -0.00394. The topological polar surface area (TPSA) is 68.7 Å². The van der Waals surface area contributed by atoms with Crippen LogP contribution in [0, 0.1) is 0 Å². The fourth-order valence-corrected chi connectivity index (χ4v) is 2.87. The molecular formula is C17H22N2O4. The van der Waals surface area contributed by atoms with Crippen LogP contribution in [0.25, 0.3) is 11.5 Å². The molecule has 1 fully saturated rings. The Morgan fingerprint density at radius 1 is 1.39 bits per heavy atom. The fourth-order valence-electron chi connectivity index (χ4n) is 2.87. The minimum absolute atomic E-state index is 0.109. The highest BCUT2D eigenvalue weighted by Crippen LogP contribution is 2.25. The molecule has 23 heavy (non-hydrogen) atoms. The Morgan fingerprint density at radius 2 is 2.30 bits per heavy atom. The van der Waals surface area contributed by atoms with E-state index in [0.29, 0.717) is 30.3 Å². The highest BCUT2D eigenvalue weighted by Gasteiger charge is 2.27. The summed E-state index contributed by atoms with van der Waals surface area (Å²) in [6.07, 6.45) is 7.07. The second-order valence-corrected chi connectivity index (χ2v) is 5.75. The molecule has 1 saturated heterocycles. The Labute approximate surface area is 135 Å². The smallest absolute Gasteiger partial charge is 0.276 e. The Bertz CT molecular complexity index is 614. The van der Waals surface area contributed by atoms with E-state index in [9.17, 15) is 4.79 Å². The van der Waals surface area contributed by atoms with E-state index in [1.807, 2.05) is 0 Å². The Kier molecular flexibility index (Phi) is 5.12. The zero-order valence-corrected chi connectivity index (χ0v) is 13.4. The van der Waals surface area contributed by atoms with E-state index in [0.717, 1.165) is 32.3 Å². The third-order valence-electron chi connectivity index (χ3n) is 3.99. The van der Waals surface area contributed by atoms with Gasteiger partial charge in [-0.15, -0.1) is 0 Å². The van der Waals surface area contributed by atoms with E-state index in [1.165, 1.54) is 6.39 Å². The maximum absolute atomic E-state index is 12.9. The van der Waals surface area contributed by atoms with Crippen LogP contribution in [0.3, 0.4) is 0 Å². The van der Waals surface area contributed by atoms with E-state index in [1.54, 1.807) is 23.3 Å². The first-order valence-corrected chi connectivity index (χ1v) is 8.17. The Hall–Kier alpha value is -2.08. The number of amides is 1. The molecule has 0 bridgehead atoms. The van der Waals surface area contributed by atoms with Gasteiger partial charge in [-0.05, 0) is 37.8 Å². The second kappa shape index (κ2) is 7.46. The van der Waals surface area contributed by atoms with Gasteiger partial charge >= 0.3 is 0 Å². The number of rotatable bonds is 6. The molecule has 0 aliphatic carbocycles. The van der Waals surface area contributed by atoms with Crippen LogP contribution in [0.1, 0.15) is 43.1 Å². The monoisotopic (exact) mass is 318 g/mol. The maximum atomic E-state index is 12.9. The van der Waals surface area contributed by atoms with Crippen LogP contribution in [0.4, 0.5) is 0 Å². The standard InChI is InChI=1S/C17H22N2O4/c1-2-8-19(11-13-6-3-4-9-21-13)17(20)15-16(23-12-18-15)14-7-5-10-22-14/h5,7,10,12-13H,2-4,6,8-9,11H2,1H3. The van der Waals surface area contributed by atoms with Gasteiger partial charge in [0.2, 0.25) is 5.76 Å². The van der Waals surface area contributed by atoms with Gasteiger partial charge < -0.3 is 18.5 Å². The number of oxazole rings is 1. The first kappa shape index (κ1) is 15.8. The van der Waals surface area contributed by atoms with Crippen LogP contribution in [0.2, 0.25) is 0 Å². The SMILES string of the molecule is CCCN(CC1CCCCO1)C(=O)c1ncoc1-c1ccco1. The maximum Gasteiger partial charge on any atom is 0.276 e. The first-order chi connectivity index (χ1) is 11.3. The predicted octanol–water partition coefficient (Wildman–Crippen LogP) is 3.36. The van der Waals surface area contributed by atoms with Gasteiger partial charge in [-0.3, -0.25) is 4.79 Å². The third kappa shape index (κ3) is 3.64. The van der Waals surface area contributed by atoms with Gasteiger partial charge in [0, 0.05) is 19.7 Å². The molecular weight excluding hydrogens is 296 g/mol. The summed E-state index contributed by atoms with van der Waals surface area (Å²) < 4.78 is 16.5. The van der Waals surface area contributed by atoms with Gasteiger partial charge in [0.25, 0.3) is 5.91 Å². The first-order valence-electron chi connectivity index (χ1n) is 8.17. The van der Waals surface area contributed by atoms with Crippen molar-refractivity contribution in [3.63, 3.8) is 0 Å². The van der Waals surface area contributed by atoms with Crippen LogP contribution in [0.5, 0.6) is 0 Å². The van der Waals surface area contributed by atoms with E-state index in [-0.39, 0.29) is 12.0 Å². The van der Waals surface area contributed by atoms with Crippen molar-refractivity contribution in [3.05, 3.63) is 30.5 Å². The number of ether oxygens (including phenoxy) is 1. The van der Waals surface area contributed by atoms with Gasteiger partial charge in [0.1, 0.15) is 0 Å². The second-order valence-electron chi connectivity index (χ2n) is 5.75. The van der Waals surface area contributed by atoms with Crippen LogP contribution in [-0.4, -0.2) is 41.6 Å². The lowest BCUT2D eigenvalue weighted by atomic mass is 10.1. The summed E-state index contributed by atoms with van der Waals surface area (Å²) in [5, 5.41) is 0. The summed E-state index contributed by atoms with van der Waals surface area (Å²) >= 11 is 0. The number of carbonyl (C=O) groups excluding carboxylic acids is 1. The van der Waals surface area contributed by atoms with Crippen molar-refractivity contribution in [3.8, 4) is 11.5 Å². The number of nitrogens with zero attached hydrogens (tertiary/aromatic N) is 2. The molecule has 1 atom stereocenters. The highest BCUT2D eigenvalue weighted by molar-refractivity contribution is 5.97. The summed E-state index contributed by atoms with van der Waals surface area (Å²) in [5.41, 5.74) is 0.296. The number of aromatic nitrogens is 1. The molecule has 3 rings (SSSR count). The molecule has 1 aliphatic rings. The lowest BCUT2D eigenvalue weighted by Crippen LogP contribution is -2.40. The number of hydrogen-bond acceptors (Lipinski definition) is 5. The van der Waals surface area contributed by atoms with Crippen LogP contribution >= 0.6 is 0 Å². The molecule has 0 spiro atoms. The average Bonchev–Trinajstić information content (AvgIpc) is 3.25. The van der Waals surface area contributed by atoms with Crippen molar-refractivity contribution < 1.29 is 18.4 Å². The van der Waals surface area contributed by atoms with Crippen LogP contribution < -0.4 is 0 Å². The van der Waals surface area contributed by atoms with Gasteiger partial charge in [0.05, 0.1) is 12.4 Å². The minimum Gasteiger partial charge on any atom is -0.461 e. The van der Waals surface area contributed by atoms with E-state index in [4.69, 9.17) is 13.6 Å². The van der Waals surface area contributed by atoms with Gasteiger partial charge in [-0.2, -0.15) is 0 Å². The molecule has 1 unspecified atom stereocenters. The molecule has 0 radical (unpaired) electrons. The summed E-state index contributed by atoms with van der Waals surface area (Å²) in [6, 6.07) is 3.51. The van der Waals surface area contributed by atoms with Crippen molar-refractivity contribution in [2.24, 2.45) is 0 Å². The zero-order valence-electron chi connectivity index (χ0n) is 13.4. The number of furan rings is 1. The van der Waals surface area contributed by atoms with Crippen LogP contribution in [-0.2, 0) is 4.74 Å². The Morgan fingerprint density at radius 3 is 3.00 bits per heavy atom. The molecule has 0 aromatic carbocycles. The van der Waals surface area contributed by atoms with Crippen molar-refractivity contribution >= 4 is 5.91 Å². The summed E-state index contributed by atoms with van der Waals surface area (Å²) in [7, 11) is 0. The van der Waals surface area contributed by atoms with Gasteiger partial charge in [-0.1, -0.05) is 6.92 Å². The molecule has 124 valence electrons. The van der Waals surface area contributed by atoms with E-state index in [2.05, 4.69) is 11.9 Å². The van der Waals surface area contributed by atoms with Crippen molar-refractivity contribution in [1.29, 1.82) is 0 Å². The molecule has 2 aromatic heterocycles.